The smallest absolute Gasteiger partial charge is 0.242 e. The van der Waals surface area contributed by atoms with Crippen molar-refractivity contribution in [3.8, 4) is 0 Å². The first-order valence-electron chi connectivity index (χ1n) is 6.06. The van der Waals surface area contributed by atoms with Gasteiger partial charge in [-0.1, -0.05) is 30.3 Å². The van der Waals surface area contributed by atoms with Crippen LogP contribution in [0.1, 0.15) is 30.9 Å². The van der Waals surface area contributed by atoms with Crippen LogP contribution in [0.15, 0.2) is 42.6 Å². The number of amides is 1. The second-order valence-electron chi connectivity index (χ2n) is 4.38. The van der Waals surface area contributed by atoms with Crippen LogP contribution in [0.4, 0.5) is 0 Å². The molecule has 1 aromatic carbocycles. The van der Waals surface area contributed by atoms with Crippen molar-refractivity contribution in [3.63, 3.8) is 0 Å². The Morgan fingerprint density at radius 2 is 2.06 bits per heavy atom. The van der Waals surface area contributed by atoms with Gasteiger partial charge in [0.15, 0.2) is 0 Å². The number of benzene rings is 1. The molecule has 0 spiro atoms. The number of nitrogens with zero attached hydrogens (tertiary/aromatic N) is 1. The van der Waals surface area contributed by atoms with E-state index in [2.05, 4.69) is 29.2 Å². The number of carbonyl (C=O) groups excluding carboxylic acids is 1. The fourth-order valence-electron chi connectivity index (χ4n) is 2.33. The summed E-state index contributed by atoms with van der Waals surface area (Å²) in [6.07, 6.45) is 6.82. The van der Waals surface area contributed by atoms with Gasteiger partial charge in [0.25, 0.3) is 0 Å². The number of nitrogens with two attached hydrogens (primary N) is 1. The van der Waals surface area contributed by atoms with Gasteiger partial charge in [-0.2, -0.15) is 0 Å². The summed E-state index contributed by atoms with van der Waals surface area (Å²) >= 11 is 0. The molecule has 2 N–H and O–H groups in total. The van der Waals surface area contributed by atoms with Crippen LogP contribution in [0.2, 0.25) is 0 Å². The highest BCUT2D eigenvalue weighted by Gasteiger charge is 2.20. The van der Waals surface area contributed by atoms with Gasteiger partial charge in [-0.05, 0) is 24.8 Å². The Morgan fingerprint density at radius 1 is 1.29 bits per heavy atom. The molecule has 1 heterocycles. The summed E-state index contributed by atoms with van der Waals surface area (Å²) in [5, 5.41) is 0. The molecule has 3 heteroatoms. The third kappa shape index (κ3) is 3.09. The molecule has 1 amide bonds. The maximum absolute atomic E-state index is 10.8. The van der Waals surface area contributed by atoms with Gasteiger partial charge in [0.1, 0.15) is 0 Å². The minimum Gasteiger partial charge on any atom is -0.370 e. The lowest BCUT2D eigenvalue weighted by Crippen LogP contribution is -2.29. The van der Waals surface area contributed by atoms with Crippen LogP contribution in [0, 0.1) is 0 Å². The highest BCUT2D eigenvalue weighted by atomic mass is 16.1. The van der Waals surface area contributed by atoms with Crippen molar-refractivity contribution >= 4 is 5.91 Å². The van der Waals surface area contributed by atoms with Gasteiger partial charge < -0.3 is 10.6 Å². The Labute approximate surface area is 102 Å². The molecule has 1 aliphatic heterocycles. The summed E-state index contributed by atoms with van der Waals surface area (Å²) in [5.74, 6) is -0.387. The predicted molar refractivity (Wildman–Crippen MR) is 68.1 cm³/mol. The molecule has 90 valence electrons. The van der Waals surface area contributed by atoms with E-state index in [0.29, 0.717) is 6.04 Å². The minimum atomic E-state index is -0.387. The van der Waals surface area contributed by atoms with Gasteiger partial charge in [-0.25, -0.2) is 0 Å². The fourth-order valence-corrected chi connectivity index (χ4v) is 2.33. The van der Waals surface area contributed by atoms with Crippen molar-refractivity contribution in [1.82, 2.24) is 4.90 Å². The third-order valence-corrected chi connectivity index (χ3v) is 3.16. The molecule has 1 aliphatic rings. The van der Waals surface area contributed by atoms with E-state index in [0.717, 1.165) is 13.0 Å². The maximum Gasteiger partial charge on any atom is 0.242 e. The molecule has 1 atom stereocenters. The highest BCUT2D eigenvalue weighted by Crippen LogP contribution is 2.30. The Balaban J connectivity index is 2.15. The van der Waals surface area contributed by atoms with E-state index in [1.807, 2.05) is 12.3 Å². The van der Waals surface area contributed by atoms with Crippen LogP contribution in [0.25, 0.3) is 0 Å². The van der Waals surface area contributed by atoms with E-state index in [1.54, 1.807) is 0 Å². The summed E-state index contributed by atoms with van der Waals surface area (Å²) in [6, 6.07) is 10.8. The fraction of sp³-hybridized carbons (Fsp3) is 0.357. The molecule has 0 radical (unpaired) electrons. The quantitative estimate of drug-likeness (QED) is 0.809. The van der Waals surface area contributed by atoms with E-state index in [1.165, 1.54) is 24.5 Å². The van der Waals surface area contributed by atoms with E-state index < -0.39 is 0 Å². The monoisotopic (exact) mass is 230 g/mol. The molecule has 1 aromatic rings. The number of hydrogen-bond acceptors (Lipinski definition) is 2. The molecule has 3 nitrogen and oxygen atoms in total. The summed E-state index contributed by atoms with van der Waals surface area (Å²) < 4.78 is 0. The molecule has 1 fully saturated rings. The topological polar surface area (TPSA) is 46.3 Å². The van der Waals surface area contributed by atoms with Crippen molar-refractivity contribution in [2.45, 2.75) is 25.3 Å². The van der Waals surface area contributed by atoms with Crippen molar-refractivity contribution in [1.29, 1.82) is 0 Å². The molecule has 1 saturated heterocycles. The molecule has 0 saturated carbocycles. The van der Waals surface area contributed by atoms with Gasteiger partial charge in [0.2, 0.25) is 5.91 Å². The molecule has 0 aliphatic carbocycles. The summed E-state index contributed by atoms with van der Waals surface area (Å²) in [4.78, 5) is 13.0. The highest BCUT2D eigenvalue weighted by molar-refractivity contribution is 5.85. The Kier molecular flexibility index (Phi) is 3.81. The zero-order chi connectivity index (χ0) is 12.1. The van der Waals surface area contributed by atoms with Crippen LogP contribution >= 0.6 is 0 Å². The third-order valence-electron chi connectivity index (χ3n) is 3.16. The van der Waals surface area contributed by atoms with Crippen molar-refractivity contribution in [2.24, 2.45) is 5.73 Å². The second kappa shape index (κ2) is 5.53. The van der Waals surface area contributed by atoms with Gasteiger partial charge in [0, 0.05) is 18.8 Å². The molecule has 0 aromatic heterocycles. The van der Waals surface area contributed by atoms with Gasteiger partial charge in [-0.3, -0.25) is 4.79 Å². The zero-order valence-corrected chi connectivity index (χ0v) is 9.88. The molecular weight excluding hydrogens is 212 g/mol. The first-order valence-corrected chi connectivity index (χ1v) is 6.06. The number of likely N-dealkylation sites (tertiary alicyclic amines) is 1. The molecule has 17 heavy (non-hydrogen) atoms. The Hall–Kier alpha value is -1.77. The van der Waals surface area contributed by atoms with Crippen molar-refractivity contribution in [3.05, 3.63) is 48.2 Å². The average molecular weight is 230 g/mol. The van der Waals surface area contributed by atoms with E-state index >= 15 is 0 Å². The number of piperidine rings is 1. The largest absolute Gasteiger partial charge is 0.370 e. The predicted octanol–water partition coefficient (Wildman–Crippen LogP) is 2.21. The normalized spacial score (nSPS) is 20.7. The van der Waals surface area contributed by atoms with Crippen LogP contribution in [0.3, 0.4) is 0 Å². The van der Waals surface area contributed by atoms with Crippen LogP contribution in [-0.4, -0.2) is 17.4 Å². The van der Waals surface area contributed by atoms with Crippen LogP contribution in [-0.2, 0) is 4.79 Å². The lowest BCUT2D eigenvalue weighted by atomic mass is 9.96. The molecule has 1 unspecified atom stereocenters. The molecule has 0 bridgehead atoms. The SMILES string of the molecule is NC(=O)/C=C/N1CCCCC1c1ccccc1. The lowest BCUT2D eigenvalue weighted by molar-refractivity contribution is -0.113. The molecule has 2 rings (SSSR count). The average Bonchev–Trinajstić information content (AvgIpc) is 2.38. The summed E-state index contributed by atoms with van der Waals surface area (Å²) in [7, 11) is 0. The number of carbonyl (C=O) groups is 1. The van der Waals surface area contributed by atoms with E-state index in [-0.39, 0.29) is 5.91 Å². The Morgan fingerprint density at radius 3 is 2.76 bits per heavy atom. The van der Waals surface area contributed by atoms with Crippen molar-refractivity contribution < 1.29 is 4.79 Å². The minimum absolute atomic E-state index is 0.376. The number of hydrogen-bond donors (Lipinski definition) is 1. The van der Waals surface area contributed by atoms with Gasteiger partial charge >= 0.3 is 0 Å². The summed E-state index contributed by atoms with van der Waals surface area (Å²) in [6.45, 7) is 0.989. The first-order chi connectivity index (χ1) is 8.27. The number of primary amides is 1. The Bertz CT molecular complexity index is 400. The van der Waals surface area contributed by atoms with E-state index in [4.69, 9.17) is 5.73 Å². The van der Waals surface area contributed by atoms with Gasteiger partial charge in [0.05, 0.1) is 6.04 Å². The zero-order valence-electron chi connectivity index (χ0n) is 9.88. The second-order valence-corrected chi connectivity index (χ2v) is 4.38. The lowest BCUT2D eigenvalue weighted by Gasteiger charge is -2.35. The summed E-state index contributed by atoms with van der Waals surface area (Å²) in [5.41, 5.74) is 6.45. The standard InChI is InChI=1S/C14H18N2O/c15-14(17)9-11-16-10-5-4-8-13(16)12-6-2-1-3-7-12/h1-3,6-7,9,11,13H,4-5,8,10H2,(H2,15,17)/b11-9+. The van der Waals surface area contributed by atoms with Crippen molar-refractivity contribution in [2.75, 3.05) is 6.54 Å². The maximum atomic E-state index is 10.8. The van der Waals surface area contributed by atoms with Crippen LogP contribution < -0.4 is 5.73 Å². The number of rotatable bonds is 3. The van der Waals surface area contributed by atoms with E-state index in [9.17, 15) is 4.79 Å². The first kappa shape index (κ1) is 11.7. The van der Waals surface area contributed by atoms with Gasteiger partial charge in [-0.15, -0.1) is 0 Å². The van der Waals surface area contributed by atoms with Crippen LogP contribution in [0.5, 0.6) is 0 Å². The molecular formula is C14H18N2O.